The van der Waals surface area contributed by atoms with Crippen LogP contribution in [-0.2, 0) is 10.0 Å². The van der Waals surface area contributed by atoms with Crippen molar-refractivity contribution in [3.63, 3.8) is 0 Å². The van der Waals surface area contributed by atoms with Gasteiger partial charge in [-0.25, -0.2) is 8.42 Å². The quantitative estimate of drug-likeness (QED) is 0.611. The summed E-state index contributed by atoms with van der Waals surface area (Å²) in [5, 5.41) is 0. The van der Waals surface area contributed by atoms with Gasteiger partial charge in [-0.2, -0.15) is 4.31 Å². The van der Waals surface area contributed by atoms with E-state index < -0.39 is 10.0 Å². The topological polar surface area (TPSA) is 85.4 Å². The van der Waals surface area contributed by atoms with Gasteiger partial charge in [-0.05, 0) is 48.7 Å². The highest BCUT2D eigenvalue weighted by Crippen LogP contribution is 2.39. The summed E-state index contributed by atoms with van der Waals surface area (Å²) in [6.07, 6.45) is 1.69. The van der Waals surface area contributed by atoms with E-state index in [2.05, 4.69) is 0 Å². The highest BCUT2D eigenvalue weighted by molar-refractivity contribution is 7.89. The molecule has 0 radical (unpaired) electrons. The van der Waals surface area contributed by atoms with Crippen molar-refractivity contribution in [1.29, 1.82) is 0 Å². The second-order valence-corrected chi connectivity index (χ2v) is 9.92. The fraction of sp³-hybridized carbons (Fsp3) is 0.458. The number of sulfonamides is 1. The summed E-state index contributed by atoms with van der Waals surface area (Å²) in [6.45, 7) is 5.85. The zero-order valence-corrected chi connectivity index (χ0v) is 20.1. The molecular formula is C24H30N2O6S. The standard InChI is InChI=1S/C24H30N2O6S/c1-4-25(5-2)33(28,29)23-16-18(9-11-21(23)30-3)24(27)26-12-6-7-19(26)17-8-10-20-22(15-17)32-14-13-31-20/h8-11,15-16,19H,4-7,12-14H2,1-3H3/t19-/m1/s1. The smallest absolute Gasteiger partial charge is 0.254 e. The minimum atomic E-state index is -3.79. The van der Waals surface area contributed by atoms with Gasteiger partial charge in [0.15, 0.2) is 11.5 Å². The van der Waals surface area contributed by atoms with Crippen LogP contribution in [0.5, 0.6) is 17.2 Å². The molecule has 4 rings (SSSR count). The van der Waals surface area contributed by atoms with Gasteiger partial charge in [0.2, 0.25) is 10.0 Å². The minimum Gasteiger partial charge on any atom is -0.495 e. The molecule has 9 heteroatoms. The Morgan fingerprint density at radius 3 is 2.52 bits per heavy atom. The van der Waals surface area contributed by atoms with Crippen molar-refractivity contribution in [2.75, 3.05) is 40.0 Å². The predicted octanol–water partition coefficient (Wildman–Crippen LogP) is 3.47. The zero-order valence-electron chi connectivity index (χ0n) is 19.2. The molecule has 2 aliphatic heterocycles. The van der Waals surface area contributed by atoms with Gasteiger partial charge in [-0.3, -0.25) is 4.79 Å². The monoisotopic (exact) mass is 474 g/mol. The third kappa shape index (κ3) is 4.39. The van der Waals surface area contributed by atoms with Crippen LogP contribution < -0.4 is 14.2 Å². The van der Waals surface area contributed by atoms with Crippen LogP contribution in [0.25, 0.3) is 0 Å². The first kappa shape index (κ1) is 23.4. The molecule has 2 aromatic rings. The minimum absolute atomic E-state index is 0.00891. The lowest BCUT2D eigenvalue weighted by Gasteiger charge is -2.27. The van der Waals surface area contributed by atoms with Crippen molar-refractivity contribution in [1.82, 2.24) is 9.21 Å². The fourth-order valence-corrected chi connectivity index (χ4v) is 6.14. The normalized spacial score (nSPS) is 17.9. The molecule has 1 fully saturated rings. The Morgan fingerprint density at radius 2 is 1.82 bits per heavy atom. The number of ether oxygens (including phenoxy) is 3. The molecule has 0 N–H and O–H groups in total. The van der Waals surface area contributed by atoms with Crippen LogP contribution in [0.3, 0.4) is 0 Å². The highest BCUT2D eigenvalue weighted by atomic mass is 32.2. The van der Waals surface area contributed by atoms with E-state index >= 15 is 0 Å². The van der Waals surface area contributed by atoms with E-state index in [0.717, 1.165) is 18.4 Å². The third-order valence-corrected chi connectivity index (χ3v) is 8.27. The molecule has 1 atom stereocenters. The Morgan fingerprint density at radius 1 is 1.09 bits per heavy atom. The lowest BCUT2D eigenvalue weighted by Crippen LogP contribution is -2.32. The molecule has 8 nitrogen and oxygen atoms in total. The van der Waals surface area contributed by atoms with E-state index in [1.54, 1.807) is 30.9 Å². The maximum Gasteiger partial charge on any atom is 0.254 e. The Kier molecular flexibility index (Phi) is 6.81. The van der Waals surface area contributed by atoms with E-state index in [4.69, 9.17) is 14.2 Å². The SMILES string of the molecule is CCN(CC)S(=O)(=O)c1cc(C(=O)N2CCC[C@@H]2c2ccc3c(c2)OCCO3)ccc1OC. The second kappa shape index (κ2) is 9.61. The molecule has 0 spiro atoms. The number of fused-ring (bicyclic) bond motifs is 1. The van der Waals surface area contributed by atoms with Crippen molar-refractivity contribution in [3.05, 3.63) is 47.5 Å². The molecule has 0 aliphatic carbocycles. The number of hydrogen-bond donors (Lipinski definition) is 0. The first-order chi connectivity index (χ1) is 15.9. The molecule has 1 amide bonds. The number of methoxy groups -OCH3 is 1. The van der Waals surface area contributed by atoms with Gasteiger partial charge in [-0.1, -0.05) is 19.9 Å². The van der Waals surface area contributed by atoms with E-state index in [0.29, 0.717) is 49.9 Å². The molecule has 33 heavy (non-hydrogen) atoms. The first-order valence-electron chi connectivity index (χ1n) is 11.3. The van der Waals surface area contributed by atoms with Crippen LogP contribution in [0, 0.1) is 0 Å². The van der Waals surface area contributed by atoms with Crippen molar-refractivity contribution in [2.24, 2.45) is 0 Å². The third-order valence-electron chi connectivity index (χ3n) is 6.20. The number of amides is 1. The molecule has 178 valence electrons. The molecule has 0 aromatic heterocycles. The number of rotatable bonds is 7. The average molecular weight is 475 g/mol. The maximum atomic E-state index is 13.5. The number of likely N-dealkylation sites (tertiary alicyclic amines) is 1. The van der Waals surface area contributed by atoms with Crippen LogP contribution in [0.15, 0.2) is 41.3 Å². The van der Waals surface area contributed by atoms with Crippen molar-refractivity contribution in [3.8, 4) is 17.2 Å². The summed E-state index contributed by atoms with van der Waals surface area (Å²) >= 11 is 0. The average Bonchev–Trinajstić information content (AvgIpc) is 3.33. The Labute approximate surface area is 195 Å². The summed E-state index contributed by atoms with van der Waals surface area (Å²) in [6, 6.07) is 10.3. The Bertz CT molecular complexity index is 1130. The van der Waals surface area contributed by atoms with Crippen LogP contribution in [0.4, 0.5) is 0 Å². The summed E-state index contributed by atoms with van der Waals surface area (Å²) in [5.74, 6) is 1.42. The van der Waals surface area contributed by atoms with E-state index in [-0.39, 0.29) is 22.6 Å². The van der Waals surface area contributed by atoms with Crippen LogP contribution >= 0.6 is 0 Å². The van der Waals surface area contributed by atoms with Gasteiger partial charge < -0.3 is 19.1 Å². The van der Waals surface area contributed by atoms with E-state index in [9.17, 15) is 13.2 Å². The molecule has 1 saturated heterocycles. The molecule has 0 saturated carbocycles. The van der Waals surface area contributed by atoms with Gasteiger partial charge >= 0.3 is 0 Å². The van der Waals surface area contributed by atoms with Crippen molar-refractivity contribution >= 4 is 15.9 Å². The number of benzene rings is 2. The second-order valence-electron chi connectivity index (χ2n) is 8.01. The van der Waals surface area contributed by atoms with Crippen molar-refractivity contribution in [2.45, 2.75) is 37.6 Å². The van der Waals surface area contributed by atoms with E-state index in [1.165, 1.54) is 17.5 Å². The van der Waals surface area contributed by atoms with Crippen LogP contribution in [-0.4, -0.2) is 63.5 Å². The number of carbonyl (C=O) groups excluding carboxylic acids is 1. The molecule has 2 heterocycles. The molecule has 0 unspecified atom stereocenters. The maximum absolute atomic E-state index is 13.5. The number of nitrogens with zero attached hydrogens (tertiary/aromatic N) is 2. The molecule has 2 aromatic carbocycles. The zero-order chi connectivity index (χ0) is 23.6. The van der Waals surface area contributed by atoms with Gasteiger partial charge in [0.05, 0.1) is 13.2 Å². The van der Waals surface area contributed by atoms with Crippen LogP contribution in [0.2, 0.25) is 0 Å². The summed E-state index contributed by atoms with van der Waals surface area (Å²) in [4.78, 5) is 15.3. The fourth-order valence-electron chi connectivity index (χ4n) is 4.50. The van der Waals surface area contributed by atoms with Gasteiger partial charge in [-0.15, -0.1) is 0 Å². The molecule has 2 aliphatic rings. The summed E-state index contributed by atoms with van der Waals surface area (Å²) in [5.41, 5.74) is 1.31. The van der Waals surface area contributed by atoms with E-state index in [1.807, 2.05) is 18.2 Å². The molecule has 0 bridgehead atoms. The lowest BCUT2D eigenvalue weighted by molar-refractivity contribution is 0.0735. The Hall–Kier alpha value is -2.78. The van der Waals surface area contributed by atoms with Crippen molar-refractivity contribution < 1.29 is 27.4 Å². The lowest BCUT2D eigenvalue weighted by atomic mass is 10.0. The number of carbonyl (C=O) groups is 1. The summed E-state index contributed by atoms with van der Waals surface area (Å²) < 4.78 is 44.4. The van der Waals surface area contributed by atoms with Gasteiger partial charge in [0.25, 0.3) is 5.91 Å². The van der Waals surface area contributed by atoms with Gasteiger partial charge in [0.1, 0.15) is 23.9 Å². The number of hydrogen-bond acceptors (Lipinski definition) is 6. The van der Waals surface area contributed by atoms with Crippen LogP contribution in [0.1, 0.15) is 48.7 Å². The van der Waals surface area contributed by atoms with Gasteiger partial charge in [0, 0.05) is 25.2 Å². The largest absolute Gasteiger partial charge is 0.495 e. The highest BCUT2D eigenvalue weighted by Gasteiger charge is 2.33. The Balaban J connectivity index is 1.66. The molecular weight excluding hydrogens is 444 g/mol. The predicted molar refractivity (Wildman–Crippen MR) is 124 cm³/mol. The first-order valence-corrected chi connectivity index (χ1v) is 12.7. The summed E-state index contributed by atoms with van der Waals surface area (Å²) in [7, 11) is -2.37.